The molecule has 19 heavy (non-hydrogen) atoms. The summed E-state index contributed by atoms with van der Waals surface area (Å²) >= 11 is 2.12. The third-order valence-corrected chi connectivity index (χ3v) is 4.54. The number of nitrogen functional groups attached to an aromatic ring is 1. The summed E-state index contributed by atoms with van der Waals surface area (Å²) in [5.41, 5.74) is 6.88. The molecule has 0 bridgehead atoms. The van der Waals surface area contributed by atoms with Gasteiger partial charge in [0, 0.05) is 12.7 Å². The largest absolute Gasteiger partial charge is 0.397 e. The number of rotatable bonds is 4. The third-order valence-electron chi connectivity index (χ3n) is 2.44. The second-order valence-corrected chi connectivity index (χ2v) is 6.84. The number of sulfonamides is 1. The first kappa shape index (κ1) is 14.3. The lowest BCUT2D eigenvalue weighted by atomic mass is 10.3. The molecular formula is C11H13IN4O2S. The highest BCUT2D eigenvalue weighted by atomic mass is 127. The SMILES string of the molecule is CCNS(=O)(=O)c1ccc(N)c(-n2cc(I)cn2)c1. The molecule has 0 unspecified atom stereocenters. The lowest BCUT2D eigenvalue weighted by molar-refractivity contribution is 0.584. The van der Waals surface area contributed by atoms with Gasteiger partial charge in [-0.3, -0.25) is 0 Å². The lowest BCUT2D eigenvalue weighted by Crippen LogP contribution is -2.23. The number of nitrogens with two attached hydrogens (primary N) is 1. The van der Waals surface area contributed by atoms with E-state index in [1.54, 1.807) is 30.1 Å². The molecule has 0 saturated heterocycles. The molecule has 2 aromatic rings. The summed E-state index contributed by atoms with van der Waals surface area (Å²) in [7, 11) is -3.50. The van der Waals surface area contributed by atoms with Gasteiger partial charge < -0.3 is 5.73 Å². The van der Waals surface area contributed by atoms with Crippen molar-refractivity contribution in [3.05, 3.63) is 34.2 Å². The van der Waals surface area contributed by atoms with Crippen molar-refractivity contribution in [2.45, 2.75) is 11.8 Å². The molecule has 0 spiro atoms. The molecule has 3 N–H and O–H groups in total. The number of hydrogen-bond donors (Lipinski definition) is 2. The number of anilines is 1. The summed E-state index contributed by atoms with van der Waals surface area (Å²) in [6.07, 6.45) is 3.45. The van der Waals surface area contributed by atoms with Crippen LogP contribution < -0.4 is 10.5 Å². The van der Waals surface area contributed by atoms with E-state index in [2.05, 4.69) is 32.4 Å². The Kier molecular flexibility index (Phi) is 4.11. The van der Waals surface area contributed by atoms with Crippen molar-refractivity contribution in [1.82, 2.24) is 14.5 Å². The highest BCUT2D eigenvalue weighted by molar-refractivity contribution is 14.1. The van der Waals surface area contributed by atoms with Crippen molar-refractivity contribution < 1.29 is 8.42 Å². The Bertz CT molecular complexity index is 696. The second kappa shape index (κ2) is 5.47. The maximum absolute atomic E-state index is 11.9. The van der Waals surface area contributed by atoms with E-state index in [9.17, 15) is 8.42 Å². The van der Waals surface area contributed by atoms with Crippen molar-refractivity contribution >= 4 is 38.3 Å². The predicted octanol–water partition coefficient (Wildman–Crippen LogP) is 1.36. The van der Waals surface area contributed by atoms with Crippen LogP contribution in [0, 0.1) is 3.57 Å². The van der Waals surface area contributed by atoms with Crippen LogP contribution in [0.5, 0.6) is 0 Å². The highest BCUT2D eigenvalue weighted by Gasteiger charge is 2.15. The molecule has 1 aromatic carbocycles. The summed E-state index contributed by atoms with van der Waals surface area (Å²) in [6.45, 7) is 2.06. The summed E-state index contributed by atoms with van der Waals surface area (Å²) in [6, 6.07) is 4.55. The molecule has 0 aliphatic heterocycles. The minimum Gasteiger partial charge on any atom is -0.397 e. The number of halogens is 1. The van der Waals surface area contributed by atoms with E-state index in [0.29, 0.717) is 17.9 Å². The standard InChI is InChI=1S/C11H13IN4O2S/c1-2-15-19(17,18)9-3-4-10(13)11(5-9)16-7-8(12)6-14-16/h3-7,15H,2,13H2,1H3. The van der Waals surface area contributed by atoms with Crippen molar-refractivity contribution in [2.75, 3.05) is 12.3 Å². The van der Waals surface area contributed by atoms with Crippen LogP contribution in [0.4, 0.5) is 5.69 Å². The molecule has 0 saturated carbocycles. The normalized spacial score (nSPS) is 11.7. The highest BCUT2D eigenvalue weighted by Crippen LogP contribution is 2.21. The Morgan fingerprint density at radius 3 is 2.79 bits per heavy atom. The zero-order valence-electron chi connectivity index (χ0n) is 10.2. The molecule has 2 rings (SSSR count). The molecule has 102 valence electrons. The van der Waals surface area contributed by atoms with Crippen molar-refractivity contribution in [3.8, 4) is 5.69 Å². The summed E-state index contributed by atoms with van der Waals surface area (Å²) in [4.78, 5) is 0.170. The Balaban J connectivity index is 2.52. The molecule has 1 heterocycles. The Hall–Kier alpha value is -1.13. The van der Waals surface area contributed by atoms with Gasteiger partial charge in [0.15, 0.2) is 0 Å². The molecule has 0 fully saturated rings. The number of benzene rings is 1. The maximum Gasteiger partial charge on any atom is 0.240 e. The lowest BCUT2D eigenvalue weighted by Gasteiger charge is -2.09. The number of nitrogens with zero attached hydrogens (tertiary/aromatic N) is 2. The third kappa shape index (κ3) is 3.07. The molecule has 0 aliphatic carbocycles. The Labute approximate surface area is 125 Å². The first-order valence-corrected chi connectivity index (χ1v) is 8.10. The Morgan fingerprint density at radius 2 is 2.21 bits per heavy atom. The van der Waals surface area contributed by atoms with E-state index in [4.69, 9.17) is 5.73 Å². The van der Waals surface area contributed by atoms with Gasteiger partial charge in [0.1, 0.15) is 0 Å². The van der Waals surface area contributed by atoms with Crippen molar-refractivity contribution in [1.29, 1.82) is 0 Å². The topological polar surface area (TPSA) is 90.0 Å². The summed E-state index contributed by atoms with van der Waals surface area (Å²) < 4.78 is 28.8. The first-order valence-electron chi connectivity index (χ1n) is 5.54. The van der Waals surface area contributed by atoms with Crippen molar-refractivity contribution in [3.63, 3.8) is 0 Å². The molecule has 0 atom stereocenters. The molecular weight excluding hydrogens is 379 g/mol. The second-order valence-electron chi connectivity index (χ2n) is 3.83. The van der Waals surface area contributed by atoms with Gasteiger partial charge in [-0.1, -0.05) is 6.92 Å². The van der Waals surface area contributed by atoms with Gasteiger partial charge in [0.25, 0.3) is 0 Å². The van der Waals surface area contributed by atoms with Gasteiger partial charge in [0.2, 0.25) is 10.0 Å². The van der Waals surface area contributed by atoms with Crippen molar-refractivity contribution in [2.24, 2.45) is 0 Å². The molecule has 0 aliphatic rings. The zero-order chi connectivity index (χ0) is 14.0. The van der Waals surface area contributed by atoms with E-state index in [1.807, 2.05) is 0 Å². The van der Waals surface area contributed by atoms with Crippen LogP contribution in [-0.4, -0.2) is 24.7 Å². The maximum atomic E-state index is 11.9. The average molecular weight is 392 g/mol. The summed E-state index contributed by atoms with van der Waals surface area (Å²) in [5, 5.41) is 4.13. The van der Waals surface area contributed by atoms with E-state index < -0.39 is 10.0 Å². The van der Waals surface area contributed by atoms with Crippen LogP contribution in [0.2, 0.25) is 0 Å². The van der Waals surface area contributed by atoms with Gasteiger partial charge in [-0.15, -0.1) is 0 Å². The van der Waals surface area contributed by atoms with Gasteiger partial charge in [0.05, 0.1) is 26.0 Å². The number of nitrogens with one attached hydrogen (secondary N) is 1. The van der Waals surface area contributed by atoms with Gasteiger partial charge in [-0.2, -0.15) is 5.10 Å². The van der Waals surface area contributed by atoms with E-state index in [1.165, 1.54) is 12.1 Å². The smallest absolute Gasteiger partial charge is 0.240 e. The average Bonchev–Trinajstić information content (AvgIpc) is 2.76. The van der Waals surface area contributed by atoms with Gasteiger partial charge >= 0.3 is 0 Å². The van der Waals surface area contributed by atoms with Crippen LogP contribution >= 0.6 is 22.6 Å². The molecule has 8 heteroatoms. The zero-order valence-corrected chi connectivity index (χ0v) is 13.1. The summed E-state index contributed by atoms with van der Waals surface area (Å²) in [5.74, 6) is 0. The minimum atomic E-state index is -3.50. The predicted molar refractivity (Wildman–Crippen MR) is 81.6 cm³/mol. The van der Waals surface area contributed by atoms with E-state index >= 15 is 0 Å². The van der Waals surface area contributed by atoms with Crippen LogP contribution in [-0.2, 0) is 10.0 Å². The Morgan fingerprint density at radius 1 is 1.47 bits per heavy atom. The first-order chi connectivity index (χ1) is 8.94. The van der Waals surface area contributed by atoms with Crippen LogP contribution in [0.25, 0.3) is 5.69 Å². The van der Waals surface area contributed by atoms with Crippen LogP contribution in [0.15, 0.2) is 35.5 Å². The fraction of sp³-hybridized carbons (Fsp3) is 0.182. The molecule has 0 radical (unpaired) electrons. The molecule has 1 aromatic heterocycles. The quantitative estimate of drug-likeness (QED) is 0.608. The van der Waals surface area contributed by atoms with Gasteiger partial charge in [-0.05, 0) is 40.8 Å². The van der Waals surface area contributed by atoms with Crippen LogP contribution in [0.3, 0.4) is 0 Å². The number of aromatic nitrogens is 2. The van der Waals surface area contributed by atoms with Crippen LogP contribution in [0.1, 0.15) is 6.92 Å². The molecule has 0 amide bonds. The van der Waals surface area contributed by atoms with E-state index in [-0.39, 0.29) is 4.90 Å². The van der Waals surface area contributed by atoms with E-state index in [0.717, 1.165) is 3.57 Å². The fourth-order valence-electron chi connectivity index (χ4n) is 1.59. The molecule has 6 nitrogen and oxygen atoms in total. The minimum absolute atomic E-state index is 0.170. The van der Waals surface area contributed by atoms with Gasteiger partial charge in [-0.25, -0.2) is 17.8 Å². The monoisotopic (exact) mass is 392 g/mol. The fourth-order valence-corrected chi connectivity index (χ4v) is 3.04. The number of hydrogen-bond acceptors (Lipinski definition) is 4.